The summed E-state index contributed by atoms with van der Waals surface area (Å²) in [6.45, 7) is 2.02. The third kappa shape index (κ3) is 4.90. The van der Waals surface area contributed by atoms with Gasteiger partial charge in [0.2, 0.25) is 0 Å². The Morgan fingerprint density at radius 1 is 1.37 bits per heavy atom. The van der Waals surface area contributed by atoms with E-state index in [1.807, 2.05) is 7.05 Å². The Balaban J connectivity index is 1.82. The van der Waals surface area contributed by atoms with E-state index in [-0.39, 0.29) is 0 Å². The van der Waals surface area contributed by atoms with E-state index in [2.05, 4.69) is 45.5 Å². The molecule has 1 aliphatic heterocycles. The van der Waals surface area contributed by atoms with Gasteiger partial charge in [-0.2, -0.15) is 0 Å². The van der Waals surface area contributed by atoms with Gasteiger partial charge in [0.15, 0.2) is 0 Å². The molecule has 1 aliphatic rings. The molecule has 1 N–H and O–H groups in total. The maximum Gasteiger partial charge on any atom is 0.0576 e. The lowest BCUT2D eigenvalue weighted by Crippen LogP contribution is -2.18. The van der Waals surface area contributed by atoms with Crippen molar-refractivity contribution in [1.29, 1.82) is 0 Å². The summed E-state index contributed by atoms with van der Waals surface area (Å²) in [7, 11) is 2.03. The first kappa shape index (κ1) is 15.0. The fourth-order valence-electron chi connectivity index (χ4n) is 2.83. The third-order valence-electron chi connectivity index (χ3n) is 3.89. The summed E-state index contributed by atoms with van der Waals surface area (Å²) in [5, 5.41) is 3.32. The highest BCUT2D eigenvalue weighted by Gasteiger charge is 2.16. The van der Waals surface area contributed by atoms with Gasteiger partial charge in [-0.1, -0.05) is 34.5 Å². The van der Waals surface area contributed by atoms with E-state index in [4.69, 9.17) is 4.74 Å². The van der Waals surface area contributed by atoms with Crippen LogP contribution in [0, 0.1) is 0 Å². The fraction of sp³-hybridized carbons (Fsp3) is 0.625. The normalized spacial score (nSPS) is 20.6. The molecule has 0 aromatic heterocycles. The standard InChI is InChI=1S/C16H24BrNO/c1-18-12-14(13-7-9-15(17)10-8-13)4-2-5-16-6-3-11-19-16/h7-10,14,16,18H,2-6,11-12H2,1H3. The predicted octanol–water partition coefficient (Wildman–Crippen LogP) is 4.10. The molecule has 1 fully saturated rings. The van der Waals surface area contributed by atoms with Gasteiger partial charge in [0, 0.05) is 17.6 Å². The SMILES string of the molecule is CNCC(CCCC1CCCO1)c1ccc(Br)cc1. The summed E-state index contributed by atoms with van der Waals surface area (Å²) >= 11 is 3.50. The molecule has 2 unspecified atom stereocenters. The van der Waals surface area contributed by atoms with Crippen LogP contribution >= 0.6 is 15.9 Å². The van der Waals surface area contributed by atoms with Gasteiger partial charge in [0.25, 0.3) is 0 Å². The molecule has 1 heterocycles. The first-order valence-corrected chi connectivity index (χ1v) is 8.10. The highest BCUT2D eigenvalue weighted by molar-refractivity contribution is 9.10. The van der Waals surface area contributed by atoms with Crippen molar-refractivity contribution in [1.82, 2.24) is 5.32 Å². The number of hydrogen-bond acceptors (Lipinski definition) is 2. The van der Waals surface area contributed by atoms with E-state index < -0.39 is 0 Å². The van der Waals surface area contributed by atoms with Crippen LogP contribution in [0.2, 0.25) is 0 Å². The molecule has 3 heteroatoms. The Labute approximate surface area is 125 Å². The van der Waals surface area contributed by atoms with Crippen LogP contribution in [0.5, 0.6) is 0 Å². The van der Waals surface area contributed by atoms with Gasteiger partial charge in [-0.25, -0.2) is 0 Å². The average Bonchev–Trinajstić information content (AvgIpc) is 2.92. The Kier molecular flexibility index (Phi) is 6.35. The second-order valence-corrected chi connectivity index (χ2v) is 6.29. The number of ether oxygens (including phenoxy) is 1. The number of hydrogen-bond donors (Lipinski definition) is 1. The van der Waals surface area contributed by atoms with Gasteiger partial charge in [-0.15, -0.1) is 0 Å². The molecule has 0 bridgehead atoms. The van der Waals surface area contributed by atoms with Crippen molar-refractivity contribution in [3.8, 4) is 0 Å². The van der Waals surface area contributed by atoms with E-state index in [1.54, 1.807) is 0 Å². The lowest BCUT2D eigenvalue weighted by molar-refractivity contribution is 0.101. The van der Waals surface area contributed by atoms with Crippen LogP contribution in [0.3, 0.4) is 0 Å². The summed E-state index contributed by atoms with van der Waals surface area (Å²) in [6, 6.07) is 8.74. The molecule has 1 aromatic rings. The largest absolute Gasteiger partial charge is 0.378 e. The number of nitrogens with one attached hydrogen (secondary N) is 1. The lowest BCUT2D eigenvalue weighted by atomic mass is 9.92. The summed E-state index contributed by atoms with van der Waals surface area (Å²) < 4.78 is 6.85. The summed E-state index contributed by atoms with van der Waals surface area (Å²) in [4.78, 5) is 0. The van der Waals surface area contributed by atoms with Crippen molar-refractivity contribution < 1.29 is 4.74 Å². The Hall–Kier alpha value is -0.380. The van der Waals surface area contributed by atoms with E-state index >= 15 is 0 Å². The lowest BCUT2D eigenvalue weighted by Gasteiger charge is -2.18. The second kappa shape index (κ2) is 8.03. The molecule has 2 nitrogen and oxygen atoms in total. The van der Waals surface area contributed by atoms with Crippen LogP contribution in [-0.2, 0) is 4.74 Å². The molecule has 19 heavy (non-hydrogen) atoms. The maximum atomic E-state index is 5.69. The molecular formula is C16H24BrNO. The van der Waals surface area contributed by atoms with E-state index in [0.717, 1.165) is 17.6 Å². The molecule has 1 aromatic carbocycles. The van der Waals surface area contributed by atoms with Gasteiger partial charge in [-0.05, 0) is 56.3 Å². The fourth-order valence-corrected chi connectivity index (χ4v) is 3.10. The minimum Gasteiger partial charge on any atom is -0.378 e. The minimum absolute atomic E-state index is 0.528. The molecule has 0 aliphatic carbocycles. The van der Waals surface area contributed by atoms with Crippen molar-refractivity contribution in [2.75, 3.05) is 20.2 Å². The van der Waals surface area contributed by atoms with Gasteiger partial charge >= 0.3 is 0 Å². The summed E-state index contributed by atoms with van der Waals surface area (Å²) in [5.41, 5.74) is 1.44. The van der Waals surface area contributed by atoms with Gasteiger partial charge in [0.1, 0.15) is 0 Å². The summed E-state index contributed by atoms with van der Waals surface area (Å²) in [5.74, 6) is 0.611. The molecule has 0 amide bonds. The zero-order valence-corrected chi connectivity index (χ0v) is 13.3. The first-order chi connectivity index (χ1) is 9.29. The van der Waals surface area contributed by atoms with Crippen LogP contribution in [0.4, 0.5) is 0 Å². The van der Waals surface area contributed by atoms with Crippen molar-refractivity contribution in [3.63, 3.8) is 0 Å². The minimum atomic E-state index is 0.528. The smallest absolute Gasteiger partial charge is 0.0576 e. The van der Waals surface area contributed by atoms with Crippen LogP contribution in [-0.4, -0.2) is 26.3 Å². The second-order valence-electron chi connectivity index (χ2n) is 5.37. The third-order valence-corrected chi connectivity index (χ3v) is 4.42. The Morgan fingerprint density at radius 3 is 2.79 bits per heavy atom. The molecule has 0 spiro atoms. The monoisotopic (exact) mass is 325 g/mol. The predicted molar refractivity (Wildman–Crippen MR) is 83.6 cm³/mol. The van der Waals surface area contributed by atoms with E-state index in [1.165, 1.54) is 37.7 Å². The highest BCUT2D eigenvalue weighted by atomic mass is 79.9. The number of likely N-dealkylation sites (N-methyl/N-ethyl adjacent to an activating group) is 1. The molecule has 2 rings (SSSR count). The first-order valence-electron chi connectivity index (χ1n) is 7.31. The zero-order valence-electron chi connectivity index (χ0n) is 11.7. The molecule has 1 saturated heterocycles. The van der Waals surface area contributed by atoms with Crippen LogP contribution in [0.1, 0.15) is 43.6 Å². The Morgan fingerprint density at radius 2 is 2.16 bits per heavy atom. The zero-order chi connectivity index (χ0) is 13.5. The molecule has 2 atom stereocenters. The average molecular weight is 326 g/mol. The van der Waals surface area contributed by atoms with Crippen molar-refractivity contribution in [2.45, 2.75) is 44.1 Å². The van der Waals surface area contributed by atoms with Gasteiger partial charge in [-0.3, -0.25) is 0 Å². The molecule has 0 saturated carbocycles. The van der Waals surface area contributed by atoms with Crippen molar-refractivity contribution in [2.24, 2.45) is 0 Å². The maximum absolute atomic E-state index is 5.69. The topological polar surface area (TPSA) is 21.3 Å². The van der Waals surface area contributed by atoms with Gasteiger partial charge < -0.3 is 10.1 Å². The van der Waals surface area contributed by atoms with Crippen LogP contribution < -0.4 is 5.32 Å². The molecule has 0 radical (unpaired) electrons. The van der Waals surface area contributed by atoms with Gasteiger partial charge in [0.05, 0.1) is 6.10 Å². The highest BCUT2D eigenvalue weighted by Crippen LogP contribution is 2.25. The number of halogens is 1. The van der Waals surface area contributed by atoms with E-state index in [9.17, 15) is 0 Å². The number of rotatable bonds is 7. The van der Waals surface area contributed by atoms with Crippen LogP contribution in [0.15, 0.2) is 28.7 Å². The van der Waals surface area contributed by atoms with Crippen molar-refractivity contribution in [3.05, 3.63) is 34.3 Å². The Bertz CT molecular complexity index is 360. The molecule has 106 valence electrons. The quantitative estimate of drug-likeness (QED) is 0.814. The van der Waals surface area contributed by atoms with Crippen molar-refractivity contribution >= 4 is 15.9 Å². The molecular weight excluding hydrogens is 302 g/mol. The number of benzene rings is 1. The summed E-state index contributed by atoms with van der Waals surface area (Å²) in [6.07, 6.45) is 6.75. The van der Waals surface area contributed by atoms with Crippen LogP contribution in [0.25, 0.3) is 0 Å². The van der Waals surface area contributed by atoms with E-state index in [0.29, 0.717) is 12.0 Å².